The molecule has 136 valence electrons. The number of aliphatic hydroxyl groups excluding tert-OH is 1. The highest BCUT2D eigenvalue weighted by molar-refractivity contribution is 7.85. The second kappa shape index (κ2) is 9.02. The molecule has 0 aliphatic heterocycles. The molecule has 1 saturated carbocycles. The van der Waals surface area contributed by atoms with Crippen molar-refractivity contribution in [3.05, 3.63) is 0 Å². The lowest BCUT2D eigenvalue weighted by molar-refractivity contribution is 0.0151. The molecular formula is C17H34N2O3S. The third-order valence-electron chi connectivity index (χ3n) is 4.78. The molecule has 0 saturated heterocycles. The van der Waals surface area contributed by atoms with Crippen LogP contribution in [0.3, 0.4) is 0 Å². The Morgan fingerprint density at radius 1 is 1.30 bits per heavy atom. The first-order valence-electron chi connectivity index (χ1n) is 8.78. The summed E-state index contributed by atoms with van der Waals surface area (Å²) in [5.74, 6) is 0.780. The van der Waals surface area contributed by atoms with E-state index in [-0.39, 0.29) is 28.7 Å². The molecule has 0 aromatic heterocycles. The monoisotopic (exact) mass is 346 g/mol. The van der Waals surface area contributed by atoms with Crippen molar-refractivity contribution in [3.8, 4) is 0 Å². The van der Waals surface area contributed by atoms with E-state index >= 15 is 0 Å². The van der Waals surface area contributed by atoms with Crippen molar-refractivity contribution in [1.29, 1.82) is 0 Å². The van der Waals surface area contributed by atoms with Crippen LogP contribution in [0.5, 0.6) is 0 Å². The van der Waals surface area contributed by atoms with Crippen LogP contribution in [0.2, 0.25) is 0 Å². The normalized spacial score (nSPS) is 25.0. The molecule has 23 heavy (non-hydrogen) atoms. The Bertz CT molecular complexity index is 413. The van der Waals surface area contributed by atoms with Crippen molar-refractivity contribution in [2.75, 3.05) is 12.3 Å². The number of rotatable bonds is 7. The lowest BCUT2D eigenvalue weighted by atomic mass is 9.81. The van der Waals surface area contributed by atoms with E-state index in [0.29, 0.717) is 12.3 Å². The van der Waals surface area contributed by atoms with Crippen molar-refractivity contribution in [2.45, 2.75) is 77.7 Å². The number of urea groups is 1. The van der Waals surface area contributed by atoms with Crippen LogP contribution in [0.4, 0.5) is 4.79 Å². The highest BCUT2D eigenvalue weighted by Gasteiger charge is 2.32. The number of amides is 2. The van der Waals surface area contributed by atoms with Crippen LogP contribution in [-0.4, -0.2) is 45.0 Å². The molecule has 5 nitrogen and oxygen atoms in total. The molecule has 1 aliphatic rings. The Hall–Kier alpha value is -0.620. The lowest BCUT2D eigenvalue weighted by Crippen LogP contribution is -2.53. The molecule has 0 unspecified atom stereocenters. The highest BCUT2D eigenvalue weighted by atomic mass is 32.2. The summed E-state index contributed by atoms with van der Waals surface area (Å²) in [6.07, 6.45) is 3.49. The maximum Gasteiger partial charge on any atom is 0.315 e. The third kappa shape index (κ3) is 6.07. The molecule has 1 fully saturated rings. The second-order valence-electron chi connectivity index (χ2n) is 7.60. The predicted octanol–water partition coefficient (Wildman–Crippen LogP) is 2.41. The molecule has 0 spiro atoms. The van der Waals surface area contributed by atoms with E-state index in [4.69, 9.17) is 0 Å². The van der Waals surface area contributed by atoms with Crippen molar-refractivity contribution in [2.24, 2.45) is 11.3 Å². The van der Waals surface area contributed by atoms with E-state index in [9.17, 15) is 14.1 Å². The Kier molecular flexibility index (Phi) is 8.01. The summed E-state index contributed by atoms with van der Waals surface area (Å²) in [5.41, 5.74) is -0.385. The third-order valence-corrected chi connectivity index (χ3v) is 6.59. The first-order chi connectivity index (χ1) is 10.7. The van der Waals surface area contributed by atoms with Crippen LogP contribution < -0.4 is 10.6 Å². The molecule has 2 amide bonds. The van der Waals surface area contributed by atoms with Crippen LogP contribution in [0.15, 0.2) is 0 Å². The van der Waals surface area contributed by atoms with Gasteiger partial charge in [-0.25, -0.2) is 4.79 Å². The average Bonchev–Trinajstić information content (AvgIpc) is 2.52. The van der Waals surface area contributed by atoms with Crippen molar-refractivity contribution >= 4 is 16.8 Å². The van der Waals surface area contributed by atoms with E-state index in [0.717, 1.165) is 25.7 Å². The van der Waals surface area contributed by atoms with Gasteiger partial charge in [0.25, 0.3) is 0 Å². The number of hydrogen-bond donors (Lipinski definition) is 3. The van der Waals surface area contributed by atoms with Crippen LogP contribution >= 0.6 is 0 Å². The molecule has 0 radical (unpaired) electrons. The van der Waals surface area contributed by atoms with Crippen LogP contribution in [0.1, 0.15) is 60.3 Å². The van der Waals surface area contributed by atoms with Gasteiger partial charge >= 0.3 is 6.03 Å². The van der Waals surface area contributed by atoms with Gasteiger partial charge in [-0.2, -0.15) is 0 Å². The van der Waals surface area contributed by atoms with Gasteiger partial charge in [0.1, 0.15) is 0 Å². The summed E-state index contributed by atoms with van der Waals surface area (Å²) in [6, 6.07) is -0.235. The van der Waals surface area contributed by atoms with E-state index in [1.807, 2.05) is 34.6 Å². The van der Waals surface area contributed by atoms with Gasteiger partial charge in [0.2, 0.25) is 0 Å². The number of carbonyl (C=O) groups is 1. The largest absolute Gasteiger partial charge is 0.392 e. The fraction of sp³-hybridized carbons (Fsp3) is 0.941. The minimum absolute atomic E-state index is 0.0114. The fourth-order valence-corrected chi connectivity index (χ4v) is 4.75. The molecule has 1 rings (SSSR count). The second-order valence-corrected chi connectivity index (χ2v) is 9.55. The van der Waals surface area contributed by atoms with Crippen LogP contribution in [0.25, 0.3) is 0 Å². The van der Waals surface area contributed by atoms with E-state index in [1.165, 1.54) is 0 Å². The van der Waals surface area contributed by atoms with Gasteiger partial charge in [-0.15, -0.1) is 0 Å². The zero-order chi connectivity index (χ0) is 17.6. The van der Waals surface area contributed by atoms with Gasteiger partial charge in [0, 0.05) is 34.6 Å². The molecule has 6 heteroatoms. The van der Waals surface area contributed by atoms with E-state index in [1.54, 1.807) is 0 Å². The summed E-state index contributed by atoms with van der Waals surface area (Å²) >= 11 is 0. The smallest absolute Gasteiger partial charge is 0.315 e. The van der Waals surface area contributed by atoms with Crippen molar-refractivity contribution < 1.29 is 14.1 Å². The Balaban J connectivity index is 2.53. The molecule has 4 atom stereocenters. The summed E-state index contributed by atoms with van der Waals surface area (Å²) < 4.78 is 12.1. The SMILES string of the molecule is CC[S@](=O)[C@H]1CCCC[C@@H]1NC(=O)NCC(C)(C)[C@@H](O)C(C)C. The maximum absolute atomic E-state index is 12.2. The Labute approximate surface area is 143 Å². The summed E-state index contributed by atoms with van der Waals surface area (Å²) in [7, 11) is -0.877. The van der Waals surface area contributed by atoms with Crippen molar-refractivity contribution in [1.82, 2.24) is 10.6 Å². The molecule has 0 aromatic carbocycles. The van der Waals surface area contributed by atoms with Gasteiger partial charge in [0.15, 0.2) is 0 Å². The van der Waals surface area contributed by atoms with Crippen molar-refractivity contribution in [3.63, 3.8) is 0 Å². The molecular weight excluding hydrogens is 312 g/mol. The number of hydrogen-bond acceptors (Lipinski definition) is 3. The molecule has 0 bridgehead atoms. The predicted molar refractivity (Wildman–Crippen MR) is 95.9 cm³/mol. The van der Waals surface area contributed by atoms with E-state index < -0.39 is 16.9 Å². The van der Waals surface area contributed by atoms with Gasteiger partial charge in [0.05, 0.1) is 11.4 Å². The van der Waals surface area contributed by atoms with Crippen LogP contribution in [-0.2, 0) is 10.8 Å². The fourth-order valence-electron chi connectivity index (χ4n) is 3.33. The van der Waals surface area contributed by atoms with Crippen LogP contribution in [0, 0.1) is 11.3 Å². The number of aliphatic hydroxyl groups is 1. The molecule has 0 aromatic rings. The zero-order valence-electron chi connectivity index (χ0n) is 15.2. The van der Waals surface area contributed by atoms with E-state index in [2.05, 4.69) is 10.6 Å². The highest BCUT2D eigenvalue weighted by Crippen LogP contribution is 2.25. The molecule has 0 heterocycles. The summed E-state index contributed by atoms with van der Waals surface area (Å²) in [4.78, 5) is 12.2. The van der Waals surface area contributed by atoms with Gasteiger partial charge in [-0.1, -0.05) is 47.5 Å². The first-order valence-corrected chi connectivity index (χ1v) is 10.2. The maximum atomic E-state index is 12.2. The molecule has 3 N–H and O–H groups in total. The quantitative estimate of drug-likeness (QED) is 0.662. The Morgan fingerprint density at radius 3 is 2.48 bits per heavy atom. The minimum atomic E-state index is -0.877. The summed E-state index contributed by atoms with van der Waals surface area (Å²) in [6.45, 7) is 10.2. The van der Waals surface area contributed by atoms with Gasteiger partial charge in [-0.3, -0.25) is 4.21 Å². The lowest BCUT2D eigenvalue weighted by Gasteiger charge is -2.34. The number of nitrogens with one attached hydrogen (secondary N) is 2. The standard InChI is InChI=1S/C17H34N2O3S/c1-6-23(22)14-10-8-7-9-13(14)19-16(21)18-11-17(4,5)15(20)12(2)3/h12-15,20H,6-11H2,1-5H3,(H2,18,19,21)/t13-,14-,15-,23-/m0/s1. The minimum Gasteiger partial charge on any atom is -0.392 e. The molecule has 1 aliphatic carbocycles. The summed E-state index contributed by atoms with van der Waals surface area (Å²) in [5, 5.41) is 16.2. The average molecular weight is 347 g/mol. The topological polar surface area (TPSA) is 78.4 Å². The number of carbonyl (C=O) groups excluding carboxylic acids is 1. The first kappa shape index (κ1) is 20.4. The van der Waals surface area contributed by atoms with Gasteiger partial charge in [-0.05, 0) is 18.8 Å². The zero-order valence-corrected chi connectivity index (χ0v) is 16.0. The van der Waals surface area contributed by atoms with Gasteiger partial charge < -0.3 is 15.7 Å². The Morgan fingerprint density at radius 2 is 1.91 bits per heavy atom.